The Bertz CT molecular complexity index is 920. The van der Waals surface area contributed by atoms with Gasteiger partial charge in [0.25, 0.3) is 0 Å². The highest BCUT2D eigenvalue weighted by atomic mass is 14.6. The minimum atomic E-state index is 0.0708. The Kier molecular flexibility index (Phi) is 6.70. The molecule has 0 atom stereocenters. The quantitative estimate of drug-likeness (QED) is 0.470. The van der Waals surface area contributed by atoms with Gasteiger partial charge in [0.05, 0.1) is 0 Å². The van der Waals surface area contributed by atoms with Crippen molar-refractivity contribution in [2.45, 2.75) is 79.6 Å². The molecule has 0 N–H and O–H groups in total. The van der Waals surface area contributed by atoms with Crippen LogP contribution in [0.15, 0.2) is 37.2 Å². The summed E-state index contributed by atoms with van der Waals surface area (Å²) in [5.41, 5.74) is 12.2. The molecule has 0 aliphatic rings. The zero-order valence-electron chi connectivity index (χ0n) is 19.6. The van der Waals surface area contributed by atoms with Crippen molar-refractivity contribution in [3.8, 4) is 0 Å². The second kappa shape index (κ2) is 9.07. The Balaban J connectivity index is 1.96. The lowest BCUT2D eigenvalue weighted by atomic mass is 9.70. The first-order chi connectivity index (χ1) is 14.2. The summed E-state index contributed by atoms with van der Waals surface area (Å²) in [5.74, 6) is 0. The first-order valence-corrected chi connectivity index (χ1v) is 10.9. The predicted molar refractivity (Wildman–Crippen MR) is 125 cm³/mol. The molecule has 158 valence electrons. The van der Waals surface area contributed by atoms with Gasteiger partial charge in [-0.05, 0) is 123 Å². The molecule has 3 heterocycles. The lowest BCUT2D eigenvalue weighted by molar-refractivity contribution is 0.395. The Morgan fingerprint density at radius 1 is 0.533 bits per heavy atom. The zero-order chi connectivity index (χ0) is 21.9. The molecule has 3 rings (SSSR count). The van der Waals surface area contributed by atoms with E-state index in [4.69, 9.17) is 0 Å². The summed E-state index contributed by atoms with van der Waals surface area (Å²) in [5, 5.41) is 0. The van der Waals surface area contributed by atoms with Gasteiger partial charge in [-0.3, -0.25) is 15.0 Å². The number of rotatable bonds is 7. The maximum atomic E-state index is 4.43. The second-order valence-electron chi connectivity index (χ2n) is 9.21. The third-order valence-electron chi connectivity index (χ3n) is 6.76. The van der Waals surface area contributed by atoms with E-state index >= 15 is 0 Å². The summed E-state index contributed by atoms with van der Waals surface area (Å²) in [6, 6.07) is 0. The van der Waals surface area contributed by atoms with Crippen LogP contribution in [-0.2, 0) is 18.3 Å². The van der Waals surface area contributed by atoms with E-state index in [1.165, 1.54) is 50.1 Å². The lowest BCUT2D eigenvalue weighted by Gasteiger charge is -2.34. The normalized spacial score (nSPS) is 11.7. The van der Waals surface area contributed by atoms with E-state index < -0.39 is 0 Å². The van der Waals surface area contributed by atoms with Gasteiger partial charge in [-0.25, -0.2) is 0 Å². The van der Waals surface area contributed by atoms with Crippen molar-refractivity contribution in [1.82, 2.24) is 15.0 Å². The molecular weight excluding hydrogens is 366 g/mol. The third-order valence-corrected chi connectivity index (χ3v) is 6.76. The molecule has 0 fully saturated rings. The highest BCUT2D eigenvalue weighted by Gasteiger charge is 2.30. The van der Waals surface area contributed by atoms with Crippen LogP contribution in [0.25, 0.3) is 0 Å². The molecule has 0 saturated carbocycles. The van der Waals surface area contributed by atoms with Gasteiger partial charge in [0.15, 0.2) is 0 Å². The molecule has 3 nitrogen and oxygen atoms in total. The molecule has 3 heteroatoms. The summed E-state index contributed by atoms with van der Waals surface area (Å²) < 4.78 is 0. The first-order valence-electron chi connectivity index (χ1n) is 10.9. The molecule has 0 spiro atoms. The molecule has 0 aromatic carbocycles. The average molecular weight is 402 g/mol. The summed E-state index contributed by atoms with van der Waals surface area (Å²) >= 11 is 0. The Morgan fingerprint density at radius 3 is 1.17 bits per heavy atom. The van der Waals surface area contributed by atoms with E-state index in [0.717, 1.165) is 25.7 Å². The zero-order valence-corrected chi connectivity index (χ0v) is 19.6. The fourth-order valence-electron chi connectivity index (χ4n) is 5.07. The topological polar surface area (TPSA) is 38.7 Å². The summed E-state index contributed by atoms with van der Waals surface area (Å²) in [6.07, 6.45) is 16.3. The summed E-state index contributed by atoms with van der Waals surface area (Å²) in [4.78, 5) is 13.1. The standard InChI is InChI=1S/C27H35N3/c1-18-12-28-13-19(2)24(18)8-10-27(7,26-22(5)16-30-17-23(26)6)11-9-25-20(3)14-29-15-21(25)4/h12-17H,8-11H2,1-7H3. The molecule has 0 bridgehead atoms. The minimum absolute atomic E-state index is 0.0708. The van der Waals surface area contributed by atoms with Crippen molar-refractivity contribution in [3.63, 3.8) is 0 Å². The first kappa shape index (κ1) is 22.1. The highest BCUT2D eigenvalue weighted by Crippen LogP contribution is 2.38. The van der Waals surface area contributed by atoms with Crippen LogP contribution in [-0.4, -0.2) is 15.0 Å². The minimum Gasteiger partial charge on any atom is -0.264 e. The predicted octanol–water partition coefficient (Wildman–Crippen LogP) is 6.25. The number of aryl methyl sites for hydroxylation is 6. The van der Waals surface area contributed by atoms with E-state index in [0.29, 0.717) is 0 Å². The van der Waals surface area contributed by atoms with Crippen molar-refractivity contribution in [3.05, 3.63) is 87.3 Å². The molecular formula is C27H35N3. The van der Waals surface area contributed by atoms with Crippen molar-refractivity contribution < 1.29 is 0 Å². The van der Waals surface area contributed by atoms with E-state index in [2.05, 4.69) is 63.4 Å². The van der Waals surface area contributed by atoms with Gasteiger partial charge < -0.3 is 0 Å². The van der Waals surface area contributed by atoms with E-state index in [1.807, 2.05) is 37.2 Å². The van der Waals surface area contributed by atoms with E-state index in [9.17, 15) is 0 Å². The number of hydrogen-bond donors (Lipinski definition) is 0. The summed E-state index contributed by atoms with van der Waals surface area (Å²) in [7, 11) is 0. The molecule has 0 aliphatic carbocycles. The molecule has 0 radical (unpaired) electrons. The fraction of sp³-hybridized carbons (Fsp3) is 0.444. The van der Waals surface area contributed by atoms with Gasteiger partial charge >= 0.3 is 0 Å². The maximum absolute atomic E-state index is 4.43. The summed E-state index contributed by atoms with van der Waals surface area (Å²) in [6.45, 7) is 15.6. The van der Waals surface area contributed by atoms with Gasteiger partial charge in [-0.15, -0.1) is 0 Å². The van der Waals surface area contributed by atoms with E-state index in [-0.39, 0.29) is 5.41 Å². The molecule has 0 unspecified atom stereocenters. The number of aromatic nitrogens is 3. The maximum Gasteiger partial charge on any atom is 0.0300 e. The largest absolute Gasteiger partial charge is 0.264 e. The van der Waals surface area contributed by atoms with Gasteiger partial charge in [-0.2, -0.15) is 0 Å². The van der Waals surface area contributed by atoms with Crippen LogP contribution in [0.4, 0.5) is 0 Å². The number of nitrogens with zero attached hydrogens (tertiary/aromatic N) is 3. The number of pyridine rings is 3. The SMILES string of the molecule is Cc1cncc(C)c1CCC(C)(CCc1c(C)cncc1C)c1c(C)cncc1C. The smallest absolute Gasteiger partial charge is 0.0300 e. The molecule has 3 aromatic rings. The van der Waals surface area contributed by atoms with Crippen LogP contribution in [0, 0.1) is 41.5 Å². The fourth-order valence-corrected chi connectivity index (χ4v) is 5.07. The van der Waals surface area contributed by atoms with Gasteiger partial charge in [-0.1, -0.05) is 6.92 Å². The van der Waals surface area contributed by atoms with Crippen LogP contribution in [0.2, 0.25) is 0 Å². The average Bonchev–Trinajstić information content (AvgIpc) is 2.67. The second-order valence-corrected chi connectivity index (χ2v) is 9.21. The van der Waals surface area contributed by atoms with Crippen LogP contribution in [0.3, 0.4) is 0 Å². The van der Waals surface area contributed by atoms with Gasteiger partial charge in [0.2, 0.25) is 0 Å². The lowest BCUT2D eigenvalue weighted by Crippen LogP contribution is -2.27. The molecule has 0 aliphatic heterocycles. The third kappa shape index (κ3) is 4.61. The van der Waals surface area contributed by atoms with Crippen molar-refractivity contribution in [1.29, 1.82) is 0 Å². The molecule has 30 heavy (non-hydrogen) atoms. The Labute approximate surface area is 182 Å². The highest BCUT2D eigenvalue weighted by molar-refractivity contribution is 5.39. The van der Waals surface area contributed by atoms with Crippen molar-refractivity contribution in [2.24, 2.45) is 0 Å². The van der Waals surface area contributed by atoms with Crippen LogP contribution < -0.4 is 0 Å². The van der Waals surface area contributed by atoms with Crippen LogP contribution in [0.5, 0.6) is 0 Å². The van der Waals surface area contributed by atoms with Crippen molar-refractivity contribution in [2.75, 3.05) is 0 Å². The van der Waals surface area contributed by atoms with E-state index in [1.54, 1.807) is 0 Å². The molecule has 0 saturated heterocycles. The van der Waals surface area contributed by atoms with Crippen molar-refractivity contribution >= 4 is 0 Å². The Morgan fingerprint density at radius 2 is 0.833 bits per heavy atom. The molecule has 3 aromatic heterocycles. The number of hydrogen-bond acceptors (Lipinski definition) is 3. The Hall–Kier alpha value is -2.55. The monoisotopic (exact) mass is 401 g/mol. The van der Waals surface area contributed by atoms with Gasteiger partial charge in [0.1, 0.15) is 0 Å². The van der Waals surface area contributed by atoms with Crippen LogP contribution >= 0.6 is 0 Å². The van der Waals surface area contributed by atoms with Crippen LogP contribution in [0.1, 0.15) is 69.8 Å². The molecule has 0 amide bonds. The van der Waals surface area contributed by atoms with Gasteiger partial charge in [0, 0.05) is 37.2 Å².